The van der Waals surface area contributed by atoms with Crippen molar-refractivity contribution in [3.05, 3.63) is 65.7 Å². The van der Waals surface area contributed by atoms with E-state index in [1.165, 1.54) is 0 Å². The first kappa shape index (κ1) is 16.8. The van der Waals surface area contributed by atoms with Crippen molar-refractivity contribution in [1.82, 2.24) is 5.32 Å². The standard InChI is InChI=1S/C22H24N2O2/c1-24-19-10-6-5-9-18(19)22(21(24)26,15-16-7-3-2-4-8-16)14-13-20(25)23-17-11-12-17/h2-10,17H,11-15H2,1H3,(H,23,25). The summed E-state index contributed by atoms with van der Waals surface area (Å²) in [4.78, 5) is 27.4. The van der Waals surface area contributed by atoms with E-state index in [0.29, 0.717) is 25.3 Å². The van der Waals surface area contributed by atoms with Gasteiger partial charge in [-0.1, -0.05) is 48.5 Å². The fraction of sp³-hybridized carbons (Fsp3) is 0.364. The van der Waals surface area contributed by atoms with Crippen molar-refractivity contribution < 1.29 is 9.59 Å². The highest BCUT2D eigenvalue weighted by Gasteiger charge is 2.49. The van der Waals surface area contributed by atoms with Crippen molar-refractivity contribution in [1.29, 1.82) is 0 Å². The zero-order chi connectivity index (χ0) is 18.1. The van der Waals surface area contributed by atoms with E-state index in [1.807, 2.05) is 49.5 Å². The van der Waals surface area contributed by atoms with Crippen molar-refractivity contribution in [2.75, 3.05) is 11.9 Å². The zero-order valence-electron chi connectivity index (χ0n) is 15.1. The van der Waals surface area contributed by atoms with Gasteiger partial charge in [0, 0.05) is 25.2 Å². The van der Waals surface area contributed by atoms with Crippen molar-refractivity contribution >= 4 is 17.5 Å². The van der Waals surface area contributed by atoms with E-state index in [1.54, 1.807) is 4.90 Å². The molecule has 0 saturated heterocycles. The van der Waals surface area contributed by atoms with Gasteiger partial charge in [0.05, 0.1) is 5.41 Å². The number of anilines is 1. The lowest BCUT2D eigenvalue weighted by atomic mass is 9.73. The maximum atomic E-state index is 13.3. The molecule has 0 bridgehead atoms. The molecule has 2 aromatic rings. The van der Waals surface area contributed by atoms with Crippen LogP contribution in [0.2, 0.25) is 0 Å². The summed E-state index contributed by atoms with van der Waals surface area (Å²) in [5.41, 5.74) is 2.44. The Labute approximate surface area is 154 Å². The van der Waals surface area contributed by atoms with Crippen molar-refractivity contribution in [3.63, 3.8) is 0 Å². The first-order chi connectivity index (χ1) is 12.6. The smallest absolute Gasteiger partial charge is 0.237 e. The number of fused-ring (bicyclic) bond motifs is 1. The maximum absolute atomic E-state index is 13.3. The first-order valence-electron chi connectivity index (χ1n) is 9.31. The molecular weight excluding hydrogens is 324 g/mol. The lowest BCUT2D eigenvalue weighted by molar-refractivity contribution is -0.124. The number of nitrogens with one attached hydrogen (secondary N) is 1. The monoisotopic (exact) mass is 348 g/mol. The van der Waals surface area contributed by atoms with E-state index >= 15 is 0 Å². The molecule has 1 aliphatic heterocycles. The number of hydrogen-bond acceptors (Lipinski definition) is 2. The molecule has 1 N–H and O–H groups in total. The molecule has 1 unspecified atom stereocenters. The van der Waals surface area contributed by atoms with Crippen LogP contribution in [0.3, 0.4) is 0 Å². The van der Waals surface area contributed by atoms with Gasteiger partial charge in [0.1, 0.15) is 0 Å². The molecule has 0 aromatic heterocycles. The number of hydrogen-bond donors (Lipinski definition) is 1. The predicted molar refractivity (Wildman–Crippen MR) is 102 cm³/mol. The minimum atomic E-state index is -0.673. The highest BCUT2D eigenvalue weighted by Crippen LogP contribution is 2.46. The Hall–Kier alpha value is -2.62. The summed E-state index contributed by atoms with van der Waals surface area (Å²) < 4.78 is 0. The largest absolute Gasteiger partial charge is 0.353 e. The third-order valence-corrected chi connectivity index (χ3v) is 5.57. The van der Waals surface area contributed by atoms with Crippen molar-refractivity contribution in [2.45, 2.75) is 43.6 Å². The average molecular weight is 348 g/mol. The van der Waals surface area contributed by atoms with Crippen LogP contribution < -0.4 is 10.2 Å². The fourth-order valence-electron chi connectivity index (χ4n) is 4.02. The van der Waals surface area contributed by atoms with E-state index in [4.69, 9.17) is 0 Å². The number of rotatable bonds is 6. The van der Waals surface area contributed by atoms with E-state index in [-0.39, 0.29) is 11.8 Å². The number of para-hydroxylation sites is 1. The van der Waals surface area contributed by atoms with Crippen molar-refractivity contribution in [2.24, 2.45) is 0 Å². The predicted octanol–water partition coefficient (Wildman–Crippen LogP) is 3.20. The third kappa shape index (κ3) is 3.00. The van der Waals surface area contributed by atoms with Crippen LogP contribution in [-0.2, 0) is 21.4 Å². The number of amides is 2. The normalized spacial score (nSPS) is 21.6. The molecule has 4 nitrogen and oxygen atoms in total. The number of nitrogens with zero attached hydrogens (tertiary/aromatic N) is 1. The molecule has 2 aromatic carbocycles. The molecule has 1 aliphatic carbocycles. The van der Waals surface area contributed by atoms with Crippen LogP contribution >= 0.6 is 0 Å². The summed E-state index contributed by atoms with van der Waals surface area (Å²) >= 11 is 0. The SMILES string of the molecule is CN1C(=O)C(CCC(=O)NC2CC2)(Cc2ccccc2)c2ccccc21. The summed E-state index contributed by atoms with van der Waals surface area (Å²) in [5, 5.41) is 3.05. The summed E-state index contributed by atoms with van der Waals surface area (Å²) in [5.74, 6) is 0.140. The Bertz CT molecular complexity index is 829. The van der Waals surface area contributed by atoms with E-state index < -0.39 is 5.41 Å². The summed E-state index contributed by atoms with van der Waals surface area (Å²) in [6, 6.07) is 18.4. The number of carbonyl (C=O) groups excluding carboxylic acids is 2. The number of carbonyl (C=O) groups is 2. The lowest BCUT2D eigenvalue weighted by Crippen LogP contribution is -2.41. The number of likely N-dealkylation sites (N-methyl/N-ethyl adjacent to an activating group) is 1. The number of benzene rings is 2. The van der Waals surface area contributed by atoms with Gasteiger partial charge in [0.2, 0.25) is 11.8 Å². The third-order valence-electron chi connectivity index (χ3n) is 5.57. The minimum Gasteiger partial charge on any atom is -0.353 e. The van der Waals surface area contributed by atoms with Gasteiger partial charge >= 0.3 is 0 Å². The minimum absolute atomic E-state index is 0.0553. The molecule has 2 aliphatic rings. The van der Waals surface area contributed by atoms with Crippen molar-refractivity contribution in [3.8, 4) is 0 Å². The Morgan fingerprint density at radius 1 is 1.12 bits per heavy atom. The quantitative estimate of drug-likeness (QED) is 0.871. The highest BCUT2D eigenvalue weighted by atomic mass is 16.2. The molecular formula is C22H24N2O2. The second-order valence-electron chi connectivity index (χ2n) is 7.47. The Morgan fingerprint density at radius 3 is 2.54 bits per heavy atom. The summed E-state index contributed by atoms with van der Waals surface area (Å²) in [6.45, 7) is 0. The zero-order valence-corrected chi connectivity index (χ0v) is 15.1. The Kier molecular flexibility index (Phi) is 4.27. The van der Waals surface area contributed by atoms with E-state index in [2.05, 4.69) is 17.4 Å². The summed E-state index contributed by atoms with van der Waals surface area (Å²) in [7, 11) is 1.83. The van der Waals surface area contributed by atoms with Crippen LogP contribution in [0.15, 0.2) is 54.6 Å². The van der Waals surface area contributed by atoms with Gasteiger partial charge in [0.25, 0.3) is 0 Å². The molecule has 0 spiro atoms. The van der Waals surface area contributed by atoms with E-state index in [0.717, 1.165) is 29.7 Å². The van der Waals surface area contributed by atoms with Gasteiger partial charge in [-0.25, -0.2) is 0 Å². The lowest BCUT2D eigenvalue weighted by Gasteiger charge is -2.28. The van der Waals surface area contributed by atoms with Crippen LogP contribution in [0.4, 0.5) is 5.69 Å². The molecule has 1 heterocycles. The summed E-state index contributed by atoms with van der Waals surface area (Å²) in [6.07, 6.45) is 3.67. The molecule has 1 atom stereocenters. The molecule has 134 valence electrons. The Morgan fingerprint density at radius 2 is 1.81 bits per heavy atom. The molecule has 26 heavy (non-hydrogen) atoms. The molecule has 4 heteroatoms. The van der Waals surface area contributed by atoms with Gasteiger partial charge in [-0.2, -0.15) is 0 Å². The topological polar surface area (TPSA) is 49.4 Å². The molecule has 1 fully saturated rings. The average Bonchev–Trinajstić information content (AvgIpc) is 3.45. The second-order valence-corrected chi connectivity index (χ2v) is 7.47. The van der Waals surface area contributed by atoms with E-state index in [9.17, 15) is 9.59 Å². The van der Waals surface area contributed by atoms with Crippen LogP contribution in [0.25, 0.3) is 0 Å². The molecule has 1 saturated carbocycles. The molecule has 4 rings (SSSR count). The van der Waals surface area contributed by atoms with Gasteiger partial charge in [-0.15, -0.1) is 0 Å². The van der Waals surface area contributed by atoms with Crippen LogP contribution in [-0.4, -0.2) is 24.9 Å². The highest BCUT2D eigenvalue weighted by molar-refractivity contribution is 6.08. The maximum Gasteiger partial charge on any atom is 0.237 e. The second kappa shape index (κ2) is 6.60. The van der Waals surface area contributed by atoms with Gasteiger partial charge < -0.3 is 10.2 Å². The van der Waals surface area contributed by atoms with Gasteiger partial charge in [0.15, 0.2) is 0 Å². The van der Waals surface area contributed by atoms with Crippen LogP contribution in [0.1, 0.15) is 36.8 Å². The first-order valence-corrected chi connectivity index (χ1v) is 9.31. The Balaban J connectivity index is 1.67. The molecule has 0 radical (unpaired) electrons. The van der Waals surface area contributed by atoms with Crippen LogP contribution in [0.5, 0.6) is 0 Å². The van der Waals surface area contributed by atoms with Crippen LogP contribution in [0, 0.1) is 0 Å². The fourth-order valence-corrected chi connectivity index (χ4v) is 4.02. The van der Waals surface area contributed by atoms with Gasteiger partial charge in [-0.05, 0) is 42.9 Å². The van der Waals surface area contributed by atoms with Gasteiger partial charge in [-0.3, -0.25) is 9.59 Å². The molecule has 2 amide bonds.